The highest BCUT2D eigenvalue weighted by Gasteiger charge is 2.23. The van der Waals surface area contributed by atoms with Crippen LogP contribution in [0.3, 0.4) is 0 Å². The van der Waals surface area contributed by atoms with Crippen LogP contribution in [0.15, 0.2) is 40.1 Å². The van der Waals surface area contributed by atoms with Crippen molar-refractivity contribution >= 4 is 33.0 Å². The van der Waals surface area contributed by atoms with Crippen LogP contribution in [-0.4, -0.2) is 26.5 Å². The molecule has 0 bridgehead atoms. The first-order chi connectivity index (χ1) is 15.3. The van der Waals surface area contributed by atoms with Gasteiger partial charge in [-0.3, -0.25) is 4.72 Å². The van der Waals surface area contributed by atoms with Gasteiger partial charge in [0.1, 0.15) is 18.2 Å². The summed E-state index contributed by atoms with van der Waals surface area (Å²) in [6.07, 6.45) is 2.73. The molecule has 7 nitrogen and oxygen atoms in total. The van der Waals surface area contributed by atoms with Crippen LogP contribution in [0.25, 0.3) is 0 Å². The minimum atomic E-state index is -3.87. The van der Waals surface area contributed by atoms with E-state index in [9.17, 15) is 17.6 Å². The topological polar surface area (TPSA) is 94.6 Å². The number of hydrogen-bond donors (Lipinski definition) is 1. The molecule has 1 aliphatic rings. The lowest BCUT2D eigenvalue weighted by Crippen LogP contribution is -2.14. The lowest BCUT2D eigenvalue weighted by Gasteiger charge is -2.15. The van der Waals surface area contributed by atoms with Crippen LogP contribution in [0.1, 0.15) is 39.2 Å². The number of aryl methyl sites for hydroxylation is 3. The van der Waals surface area contributed by atoms with Gasteiger partial charge in [-0.1, -0.05) is 6.07 Å². The maximum Gasteiger partial charge on any atom is 0.340 e. The molecule has 1 N–H and O–H groups in total. The summed E-state index contributed by atoms with van der Waals surface area (Å²) in [5.74, 6) is -1.13. The molecular weight excluding hydrogens is 455 g/mol. The van der Waals surface area contributed by atoms with E-state index < -0.39 is 21.8 Å². The summed E-state index contributed by atoms with van der Waals surface area (Å²) in [5.41, 5.74) is 3.42. The Kier molecular flexibility index (Phi) is 6.16. The fraction of sp³-hybridized carbons (Fsp3) is 0.273. The summed E-state index contributed by atoms with van der Waals surface area (Å²) < 4.78 is 52.8. The van der Waals surface area contributed by atoms with Crippen molar-refractivity contribution in [2.24, 2.45) is 0 Å². The zero-order valence-corrected chi connectivity index (χ0v) is 19.1. The van der Waals surface area contributed by atoms with Gasteiger partial charge >= 0.3 is 5.97 Å². The molecule has 168 valence electrons. The third kappa shape index (κ3) is 4.61. The van der Waals surface area contributed by atoms with Crippen LogP contribution >= 0.6 is 11.3 Å². The predicted octanol–water partition coefficient (Wildman–Crippen LogP) is 4.25. The number of fused-ring (bicyclic) bond motifs is 1. The SMILES string of the molecule is COC(=O)c1ccc(COc2cc3c(cc2NS(=O)(=O)c2nc(C)cs2)CCC3)cc1F. The third-order valence-corrected chi connectivity index (χ3v) is 7.84. The van der Waals surface area contributed by atoms with Crippen molar-refractivity contribution in [3.63, 3.8) is 0 Å². The number of esters is 1. The number of rotatable bonds is 7. The van der Waals surface area contributed by atoms with Crippen LogP contribution in [0, 0.1) is 12.7 Å². The Balaban J connectivity index is 1.60. The molecule has 0 amide bonds. The van der Waals surface area contributed by atoms with E-state index in [2.05, 4.69) is 14.4 Å². The van der Waals surface area contributed by atoms with Crippen molar-refractivity contribution in [2.75, 3.05) is 11.8 Å². The number of nitrogens with zero attached hydrogens (tertiary/aromatic N) is 1. The number of methoxy groups -OCH3 is 1. The number of thiazole rings is 1. The number of hydrogen-bond acceptors (Lipinski definition) is 7. The molecule has 10 heteroatoms. The molecule has 1 aromatic heterocycles. The molecule has 0 saturated heterocycles. The zero-order chi connectivity index (χ0) is 22.9. The summed E-state index contributed by atoms with van der Waals surface area (Å²) in [6, 6.07) is 7.70. The van der Waals surface area contributed by atoms with Crippen molar-refractivity contribution in [2.45, 2.75) is 37.1 Å². The summed E-state index contributed by atoms with van der Waals surface area (Å²) in [7, 11) is -2.69. The normalized spacial score (nSPS) is 13.0. The van der Waals surface area contributed by atoms with Crippen LogP contribution in [0.5, 0.6) is 5.75 Å². The number of halogens is 1. The molecule has 32 heavy (non-hydrogen) atoms. The number of carbonyl (C=O) groups excluding carboxylic acids is 1. The molecule has 1 aliphatic carbocycles. The Hall–Kier alpha value is -2.98. The maximum absolute atomic E-state index is 14.2. The number of nitrogens with one attached hydrogen (secondary N) is 1. The Bertz CT molecular complexity index is 1290. The maximum atomic E-state index is 14.2. The first-order valence-electron chi connectivity index (χ1n) is 9.87. The quantitative estimate of drug-likeness (QED) is 0.513. The molecule has 0 aliphatic heterocycles. The summed E-state index contributed by atoms with van der Waals surface area (Å²) in [4.78, 5) is 15.6. The largest absolute Gasteiger partial charge is 0.487 e. The van der Waals surface area contributed by atoms with E-state index in [0.29, 0.717) is 22.7 Å². The van der Waals surface area contributed by atoms with E-state index in [1.165, 1.54) is 19.2 Å². The fourth-order valence-electron chi connectivity index (χ4n) is 3.53. The Labute approximate surface area is 189 Å². The van der Waals surface area contributed by atoms with Gasteiger partial charge in [-0.2, -0.15) is 8.42 Å². The van der Waals surface area contributed by atoms with Gasteiger partial charge in [0.15, 0.2) is 0 Å². The molecule has 0 saturated carbocycles. The number of carbonyl (C=O) groups is 1. The number of ether oxygens (including phenoxy) is 2. The lowest BCUT2D eigenvalue weighted by atomic mass is 10.1. The van der Waals surface area contributed by atoms with Crippen molar-refractivity contribution in [3.8, 4) is 5.75 Å². The Morgan fingerprint density at radius 2 is 1.97 bits per heavy atom. The van der Waals surface area contributed by atoms with E-state index in [0.717, 1.165) is 41.7 Å². The predicted molar refractivity (Wildman–Crippen MR) is 118 cm³/mol. The monoisotopic (exact) mass is 476 g/mol. The average Bonchev–Trinajstić information content (AvgIpc) is 3.40. The van der Waals surface area contributed by atoms with Crippen molar-refractivity contribution < 1.29 is 27.1 Å². The van der Waals surface area contributed by atoms with E-state index >= 15 is 0 Å². The highest BCUT2D eigenvalue weighted by atomic mass is 32.2. The zero-order valence-electron chi connectivity index (χ0n) is 17.5. The lowest BCUT2D eigenvalue weighted by molar-refractivity contribution is 0.0595. The Morgan fingerprint density at radius 1 is 1.22 bits per heavy atom. The van der Waals surface area contributed by atoms with Crippen molar-refractivity contribution in [1.29, 1.82) is 0 Å². The van der Waals surface area contributed by atoms with Crippen LogP contribution in [0.2, 0.25) is 0 Å². The highest BCUT2D eigenvalue weighted by molar-refractivity contribution is 7.94. The standard InChI is InChI=1S/C22H21FN2O5S2/c1-13-12-31-22(24-13)32(27,28)25-19-9-15-4-3-5-16(15)10-20(19)30-11-14-6-7-17(18(23)8-14)21(26)29-2/h6-10,12,25H,3-5,11H2,1-2H3. The van der Waals surface area contributed by atoms with Crippen LogP contribution in [-0.2, 0) is 34.2 Å². The second kappa shape index (κ2) is 8.87. The first-order valence-corrected chi connectivity index (χ1v) is 12.2. The smallest absolute Gasteiger partial charge is 0.340 e. The number of benzene rings is 2. The second-order valence-corrected chi connectivity index (χ2v) is 10.1. The summed E-state index contributed by atoms with van der Waals surface area (Å²) >= 11 is 1.04. The van der Waals surface area contributed by atoms with Gasteiger partial charge in [0, 0.05) is 11.1 Å². The molecule has 0 atom stereocenters. The molecule has 0 radical (unpaired) electrons. The van der Waals surface area contributed by atoms with Gasteiger partial charge in [-0.25, -0.2) is 14.2 Å². The van der Waals surface area contributed by atoms with Gasteiger partial charge in [-0.15, -0.1) is 11.3 Å². The molecule has 0 spiro atoms. The summed E-state index contributed by atoms with van der Waals surface area (Å²) in [6.45, 7) is 1.71. The summed E-state index contributed by atoms with van der Waals surface area (Å²) in [5, 5.41) is 1.67. The molecule has 0 unspecified atom stereocenters. The molecule has 0 fully saturated rings. The minimum absolute atomic E-state index is 0.0117. The van der Waals surface area contributed by atoms with E-state index in [1.807, 2.05) is 6.07 Å². The minimum Gasteiger partial charge on any atom is -0.487 e. The van der Waals surface area contributed by atoms with Crippen molar-refractivity contribution in [3.05, 3.63) is 69.5 Å². The van der Waals surface area contributed by atoms with Gasteiger partial charge in [0.2, 0.25) is 4.34 Å². The van der Waals surface area contributed by atoms with Crippen LogP contribution in [0.4, 0.5) is 10.1 Å². The second-order valence-electron chi connectivity index (χ2n) is 7.43. The molecule has 2 aromatic carbocycles. The highest BCUT2D eigenvalue weighted by Crippen LogP contribution is 2.35. The fourth-order valence-corrected chi connectivity index (χ4v) is 5.63. The molecule has 3 aromatic rings. The molecular formula is C22H21FN2O5S2. The van der Waals surface area contributed by atoms with Crippen LogP contribution < -0.4 is 9.46 Å². The number of anilines is 1. The third-order valence-electron chi connectivity index (χ3n) is 5.10. The molecule has 1 heterocycles. The number of sulfonamides is 1. The van der Waals surface area contributed by atoms with E-state index in [1.54, 1.807) is 24.4 Å². The van der Waals surface area contributed by atoms with Crippen molar-refractivity contribution in [1.82, 2.24) is 4.98 Å². The van der Waals surface area contributed by atoms with Gasteiger partial charge in [0.25, 0.3) is 10.0 Å². The van der Waals surface area contributed by atoms with Gasteiger partial charge in [0.05, 0.1) is 18.4 Å². The average molecular weight is 477 g/mol. The molecule has 4 rings (SSSR count). The number of aromatic nitrogens is 1. The van der Waals surface area contributed by atoms with E-state index in [-0.39, 0.29) is 16.5 Å². The van der Waals surface area contributed by atoms with E-state index in [4.69, 9.17) is 4.74 Å². The van der Waals surface area contributed by atoms with Gasteiger partial charge < -0.3 is 9.47 Å². The van der Waals surface area contributed by atoms with Gasteiger partial charge in [-0.05, 0) is 67.1 Å². The Morgan fingerprint density at radius 3 is 2.62 bits per heavy atom. The first kappa shape index (κ1) is 22.2.